The molecule has 1 unspecified atom stereocenters. The van der Waals surface area contributed by atoms with Crippen LogP contribution in [0.2, 0.25) is 0 Å². The van der Waals surface area contributed by atoms with Crippen molar-refractivity contribution in [3.05, 3.63) is 48.6 Å². The molecule has 58 heavy (non-hydrogen) atoms. The molecule has 3 N–H and O–H groups in total. The van der Waals surface area contributed by atoms with Crippen LogP contribution < -0.4 is 0 Å². The standard InChI is InChI=1S/C48H87O9P/c1-3-45(2)39-35-31-27-23-19-15-11-7-4-5-8-12-16-20-24-28-32-36-40-47(50)55-43-46(44-56-58(52,53)54)57-48(51)41-37-33-29-25-21-17-13-9-6-10-14-18-22-26-30-34-38-42-49/h6,10,13,17-18,22,25,29,45-46,49H,3-5,7-9,11-12,14-16,19-21,23-24,26-28,30-44H2,1-2H3,(H2,52,53,54)/b10-6-,17-13-,22-18-,29-25-/t45?,46-/m1/s1. The molecular weight excluding hydrogens is 751 g/mol. The number of phosphoric ester groups is 1. The first-order valence-corrected chi connectivity index (χ1v) is 25.0. The van der Waals surface area contributed by atoms with E-state index in [2.05, 4.69) is 54.8 Å². The van der Waals surface area contributed by atoms with E-state index in [1.165, 1.54) is 109 Å². The van der Waals surface area contributed by atoms with Crippen molar-refractivity contribution in [1.82, 2.24) is 0 Å². The summed E-state index contributed by atoms with van der Waals surface area (Å²) in [5.74, 6) is -0.0617. The van der Waals surface area contributed by atoms with Gasteiger partial charge in [-0.3, -0.25) is 14.1 Å². The highest BCUT2D eigenvalue weighted by Crippen LogP contribution is 2.36. The number of phosphoric acid groups is 1. The van der Waals surface area contributed by atoms with Gasteiger partial charge in [-0.25, -0.2) is 4.57 Å². The zero-order chi connectivity index (χ0) is 42.6. The van der Waals surface area contributed by atoms with Gasteiger partial charge in [0.05, 0.1) is 6.61 Å². The quantitative estimate of drug-likeness (QED) is 0.0237. The highest BCUT2D eigenvalue weighted by atomic mass is 31.2. The molecule has 0 amide bonds. The molecule has 0 rings (SSSR count). The summed E-state index contributed by atoms with van der Waals surface area (Å²) in [7, 11) is -4.78. The third-order valence-corrected chi connectivity index (χ3v) is 10.9. The van der Waals surface area contributed by atoms with Gasteiger partial charge in [0.2, 0.25) is 0 Å². The molecule has 2 atom stereocenters. The lowest BCUT2D eigenvalue weighted by atomic mass is 9.99. The van der Waals surface area contributed by atoms with Crippen molar-refractivity contribution in [3.8, 4) is 0 Å². The number of carbonyl (C=O) groups excluding carboxylic acids is 2. The number of allylic oxidation sites excluding steroid dienone is 8. The first kappa shape index (κ1) is 56.0. The third kappa shape index (κ3) is 45.1. The van der Waals surface area contributed by atoms with Crippen LogP contribution in [0.4, 0.5) is 0 Å². The maximum atomic E-state index is 12.4. The van der Waals surface area contributed by atoms with E-state index in [4.69, 9.17) is 24.4 Å². The van der Waals surface area contributed by atoms with E-state index < -0.39 is 32.5 Å². The second-order valence-electron chi connectivity index (χ2n) is 16.1. The van der Waals surface area contributed by atoms with Crippen LogP contribution in [-0.4, -0.2) is 52.8 Å². The Hall–Kier alpha value is -2.03. The minimum atomic E-state index is -4.78. The van der Waals surface area contributed by atoms with Gasteiger partial charge in [0.1, 0.15) is 6.61 Å². The Bertz CT molecular complexity index is 1100. The molecular formula is C48H87O9P. The van der Waals surface area contributed by atoms with E-state index in [1.807, 2.05) is 12.2 Å². The van der Waals surface area contributed by atoms with Gasteiger partial charge in [-0.05, 0) is 63.7 Å². The zero-order valence-corrected chi connectivity index (χ0v) is 37.9. The number of aliphatic hydroxyl groups excluding tert-OH is 1. The molecule has 0 aliphatic rings. The number of unbranched alkanes of at least 4 members (excludes halogenated alkanes) is 21. The monoisotopic (exact) mass is 839 g/mol. The smallest absolute Gasteiger partial charge is 0.462 e. The van der Waals surface area contributed by atoms with Gasteiger partial charge in [-0.1, -0.05) is 191 Å². The summed E-state index contributed by atoms with van der Waals surface area (Å²) in [5.41, 5.74) is 0. The Morgan fingerprint density at radius 3 is 1.41 bits per heavy atom. The number of hydrogen-bond acceptors (Lipinski definition) is 7. The summed E-state index contributed by atoms with van der Waals surface area (Å²) in [5, 5.41) is 8.78. The fourth-order valence-electron chi connectivity index (χ4n) is 6.56. The van der Waals surface area contributed by atoms with Crippen LogP contribution in [0.3, 0.4) is 0 Å². The number of hydrogen-bond donors (Lipinski definition) is 3. The fourth-order valence-corrected chi connectivity index (χ4v) is 6.92. The molecule has 0 aromatic heterocycles. The molecule has 9 nitrogen and oxygen atoms in total. The molecule has 338 valence electrons. The largest absolute Gasteiger partial charge is 0.469 e. The summed E-state index contributed by atoms with van der Waals surface area (Å²) in [6.45, 7) is 4.06. The molecule has 0 saturated heterocycles. The number of rotatable bonds is 43. The van der Waals surface area contributed by atoms with E-state index in [-0.39, 0.29) is 26.1 Å². The second kappa shape index (κ2) is 43.1. The maximum absolute atomic E-state index is 12.4. The number of ether oxygens (including phenoxy) is 2. The van der Waals surface area contributed by atoms with Crippen LogP contribution in [0.15, 0.2) is 48.6 Å². The number of aliphatic hydroxyl groups is 1. The van der Waals surface area contributed by atoms with Crippen LogP contribution >= 0.6 is 7.82 Å². The van der Waals surface area contributed by atoms with Crippen molar-refractivity contribution in [2.45, 2.75) is 219 Å². The third-order valence-electron chi connectivity index (χ3n) is 10.4. The minimum Gasteiger partial charge on any atom is -0.462 e. The molecule has 0 spiro atoms. The van der Waals surface area contributed by atoms with Crippen molar-refractivity contribution >= 4 is 19.8 Å². The summed E-state index contributed by atoms with van der Waals surface area (Å²) in [6, 6.07) is 0. The molecule has 0 aromatic rings. The van der Waals surface area contributed by atoms with E-state index in [0.29, 0.717) is 19.3 Å². The lowest BCUT2D eigenvalue weighted by molar-refractivity contribution is -0.161. The Morgan fingerprint density at radius 2 is 0.948 bits per heavy atom. The predicted octanol–water partition coefficient (Wildman–Crippen LogP) is 13.5. The van der Waals surface area contributed by atoms with Crippen molar-refractivity contribution in [2.75, 3.05) is 19.8 Å². The van der Waals surface area contributed by atoms with Gasteiger partial charge in [0, 0.05) is 19.4 Å². The molecule has 0 aromatic carbocycles. The predicted molar refractivity (Wildman–Crippen MR) is 240 cm³/mol. The van der Waals surface area contributed by atoms with E-state index in [0.717, 1.165) is 63.7 Å². The number of carbonyl (C=O) groups is 2. The van der Waals surface area contributed by atoms with E-state index in [1.54, 1.807) is 0 Å². The lowest BCUT2D eigenvalue weighted by Crippen LogP contribution is -2.29. The molecule has 0 bridgehead atoms. The van der Waals surface area contributed by atoms with Gasteiger partial charge >= 0.3 is 19.8 Å². The molecule has 10 heteroatoms. The SMILES string of the molecule is CCC(C)CCCCCCCCCCCCCCCCCCCCC(=O)OC[C@H](COP(=O)(O)O)OC(=O)CCC/C=C\C/C=C\C/C=C\C/C=C\CCCCCO. The van der Waals surface area contributed by atoms with Gasteiger partial charge in [0.25, 0.3) is 0 Å². The zero-order valence-electron chi connectivity index (χ0n) is 37.1. The fraction of sp³-hybridized carbons (Fsp3) is 0.792. The first-order chi connectivity index (χ1) is 28.2. The van der Waals surface area contributed by atoms with Crippen molar-refractivity contribution in [3.63, 3.8) is 0 Å². The van der Waals surface area contributed by atoms with Crippen LogP contribution in [0, 0.1) is 5.92 Å². The van der Waals surface area contributed by atoms with E-state index in [9.17, 15) is 14.2 Å². The summed E-state index contributed by atoms with van der Waals surface area (Å²) in [6.07, 6.45) is 50.0. The van der Waals surface area contributed by atoms with Gasteiger partial charge in [0.15, 0.2) is 6.10 Å². The number of esters is 2. The van der Waals surface area contributed by atoms with Gasteiger partial charge in [-0.15, -0.1) is 0 Å². The van der Waals surface area contributed by atoms with Crippen LogP contribution in [0.5, 0.6) is 0 Å². The molecule has 0 saturated carbocycles. The topological polar surface area (TPSA) is 140 Å². The van der Waals surface area contributed by atoms with Crippen molar-refractivity contribution in [1.29, 1.82) is 0 Å². The highest BCUT2D eigenvalue weighted by Gasteiger charge is 2.22. The van der Waals surface area contributed by atoms with Crippen molar-refractivity contribution in [2.24, 2.45) is 5.92 Å². The summed E-state index contributed by atoms with van der Waals surface area (Å²) >= 11 is 0. The van der Waals surface area contributed by atoms with Gasteiger partial charge < -0.3 is 24.4 Å². The molecule has 0 heterocycles. The second-order valence-corrected chi connectivity index (χ2v) is 17.3. The Balaban J connectivity index is 3.91. The van der Waals surface area contributed by atoms with Crippen molar-refractivity contribution < 1.29 is 43.0 Å². The van der Waals surface area contributed by atoms with Crippen LogP contribution in [0.25, 0.3) is 0 Å². The minimum absolute atomic E-state index is 0.126. The average Bonchev–Trinajstić information content (AvgIpc) is 3.20. The summed E-state index contributed by atoms with van der Waals surface area (Å²) < 4.78 is 26.4. The highest BCUT2D eigenvalue weighted by molar-refractivity contribution is 7.46. The van der Waals surface area contributed by atoms with Crippen LogP contribution in [0.1, 0.15) is 213 Å². The normalized spacial score (nSPS) is 13.4. The Kier molecular flexibility index (Phi) is 41.6. The Labute approximate surface area is 355 Å². The van der Waals surface area contributed by atoms with Crippen LogP contribution in [-0.2, 0) is 28.2 Å². The maximum Gasteiger partial charge on any atom is 0.469 e. The molecule has 0 aliphatic carbocycles. The average molecular weight is 839 g/mol. The van der Waals surface area contributed by atoms with E-state index >= 15 is 0 Å². The lowest BCUT2D eigenvalue weighted by Gasteiger charge is -2.18. The Morgan fingerprint density at radius 1 is 0.534 bits per heavy atom. The molecule has 0 radical (unpaired) electrons. The van der Waals surface area contributed by atoms with Gasteiger partial charge in [-0.2, -0.15) is 0 Å². The molecule has 0 fully saturated rings. The molecule has 0 aliphatic heterocycles. The summed E-state index contributed by atoms with van der Waals surface area (Å²) in [4.78, 5) is 42.9. The first-order valence-electron chi connectivity index (χ1n) is 23.4.